The molecule has 2 aromatic rings. The van der Waals surface area contributed by atoms with E-state index < -0.39 is 0 Å². The number of rotatable bonds is 5. The molecule has 30 heavy (non-hydrogen) atoms. The van der Waals surface area contributed by atoms with Crippen LogP contribution >= 0.6 is 15.9 Å². The summed E-state index contributed by atoms with van der Waals surface area (Å²) in [7, 11) is 0. The molecule has 0 aromatic heterocycles. The number of hydrogen-bond donors (Lipinski definition) is 0. The summed E-state index contributed by atoms with van der Waals surface area (Å²) in [6.45, 7) is 3.41. The second-order valence-corrected chi connectivity index (χ2v) is 8.93. The maximum Gasteiger partial charge on any atom is 0.257 e. The van der Waals surface area contributed by atoms with Crippen molar-refractivity contribution in [3.63, 3.8) is 0 Å². The molecule has 0 saturated carbocycles. The Morgan fingerprint density at radius 2 is 1.67 bits per heavy atom. The Kier molecular flexibility index (Phi) is 6.72. The van der Waals surface area contributed by atoms with Crippen LogP contribution in [0.25, 0.3) is 0 Å². The summed E-state index contributed by atoms with van der Waals surface area (Å²) in [5.41, 5.74) is 1.62. The molecule has 2 heterocycles. The Hall–Kier alpha value is -2.34. The number of halogens is 1. The second kappa shape index (κ2) is 9.65. The number of ether oxygens (including phenoxy) is 1. The Morgan fingerprint density at radius 3 is 2.40 bits per heavy atom. The number of carbonyl (C=O) groups excluding carboxylic acids is 2. The van der Waals surface area contributed by atoms with E-state index in [1.54, 1.807) is 0 Å². The highest BCUT2D eigenvalue weighted by molar-refractivity contribution is 9.10. The molecular formula is C24H27BrN2O3. The van der Waals surface area contributed by atoms with E-state index in [4.69, 9.17) is 4.74 Å². The highest BCUT2D eigenvalue weighted by Gasteiger charge is 2.32. The fraction of sp³-hybridized carbons (Fsp3) is 0.417. The van der Waals surface area contributed by atoms with E-state index >= 15 is 0 Å². The smallest absolute Gasteiger partial charge is 0.257 e. The van der Waals surface area contributed by atoms with Gasteiger partial charge in [0.05, 0.1) is 5.56 Å². The molecule has 4 rings (SSSR count). The van der Waals surface area contributed by atoms with Crippen LogP contribution in [0.4, 0.5) is 0 Å². The van der Waals surface area contributed by atoms with Gasteiger partial charge in [-0.1, -0.05) is 40.2 Å². The molecule has 0 aliphatic carbocycles. The Balaban J connectivity index is 1.37. The third-order valence-electron chi connectivity index (χ3n) is 5.95. The molecule has 0 radical (unpaired) electrons. The fourth-order valence-electron chi connectivity index (χ4n) is 4.25. The van der Waals surface area contributed by atoms with Gasteiger partial charge in [-0.25, -0.2) is 0 Å². The van der Waals surface area contributed by atoms with Crippen LogP contribution in [-0.2, 0) is 11.4 Å². The van der Waals surface area contributed by atoms with Crippen molar-refractivity contribution < 1.29 is 14.3 Å². The highest BCUT2D eigenvalue weighted by atomic mass is 79.9. The quantitative estimate of drug-likeness (QED) is 0.645. The van der Waals surface area contributed by atoms with Crippen molar-refractivity contribution in [1.82, 2.24) is 9.80 Å². The average molecular weight is 471 g/mol. The molecule has 0 spiro atoms. The monoisotopic (exact) mass is 470 g/mol. The van der Waals surface area contributed by atoms with E-state index in [0.29, 0.717) is 31.0 Å². The lowest BCUT2D eigenvalue weighted by atomic mass is 9.95. The van der Waals surface area contributed by atoms with Crippen molar-refractivity contribution in [2.24, 2.45) is 5.92 Å². The third-order valence-corrected chi connectivity index (χ3v) is 6.44. The summed E-state index contributed by atoms with van der Waals surface area (Å²) in [6, 6.07) is 15.3. The van der Waals surface area contributed by atoms with Gasteiger partial charge in [0, 0.05) is 36.6 Å². The van der Waals surface area contributed by atoms with Crippen LogP contribution in [0.1, 0.15) is 41.6 Å². The average Bonchev–Trinajstić information content (AvgIpc) is 3.32. The highest BCUT2D eigenvalue weighted by Crippen LogP contribution is 2.26. The van der Waals surface area contributed by atoms with Gasteiger partial charge in [-0.15, -0.1) is 0 Å². The predicted octanol–water partition coefficient (Wildman–Crippen LogP) is 4.50. The van der Waals surface area contributed by atoms with E-state index in [9.17, 15) is 9.59 Å². The number of amides is 2. The van der Waals surface area contributed by atoms with Gasteiger partial charge in [0.1, 0.15) is 12.4 Å². The van der Waals surface area contributed by atoms with Crippen LogP contribution in [0.2, 0.25) is 0 Å². The third kappa shape index (κ3) is 4.86. The lowest BCUT2D eigenvalue weighted by molar-refractivity contribution is -0.135. The molecule has 158 valence electrons. The molecule has 2 saturated heterocycles. The zero-order valence-corrected chi connectivity index (χ0v) is 18.6. The van der Waals surface area contributed by atoms with Crippen molar-refractivity contribution in [2.45, 2.75) is 32.3 Å². The molecule has 2 aromatic carbocycles. The number of hydrogen-bond acceptors (Lipinski definition) is 3. The number of para-hydroxylation sites is 1. The Bertz CT molecular complexity index is 903. The van der Waals surface area contributed by atoms with Crippen LogP contribution in [0.5, 0.6) is 5.75 Å². The number of nitrogens with zero attached hydrogens (tertiary/aromatic N) is 2. The summed E-state index contributed by atoms with van der Waals surface area (Å²) in [5.74, 6) is 0.900. The predicted molar refractivity (Wildman–Crippen MR) is 119 cm³/mol. The van der Waals surface area contributed by atoms with Gasteiger partial charge in [0.25, 0.3) is 5.91 Å². The molecule has 6 heteroatoms. The molecule has 2 fully saturated rings. The summed E-state index contributed by atoms with van der Waals surface area (Å²) in [5, 5.41) is 0. The van der Waals surface area contributed by atoms with Crippen molar-refractivity contribution >= 4 is 27.7 Å². The van der Waals surface area contributed by atoms with Gasteiger partial charge in [-0.3, -0.25) is 9.59 Å². The van der Waals surface area contributed by atoms with Crippen LogP contribution < -0.4 is 4.74 Å². The van der Waals surface area contributed by atoms with Gasteiger partial charge in [-0.2, -0.15) is 0 Å². The van der Waals surface area contributed by atoms with Crippen LogP contribution in [-0.4, -0.2) is 47.8 Å². The van der Waals surface area contributed by atoms with Crippen molar-refractivity contribution in [3.8, 4) is 5.75 Å². The first-order chi connectivity index (χ1) is 14.6. The van der Waals surface area contributed by atoms with E-state index in [1.165, 1.54) is 0 Å². The number of likely N-dealkylation sites (tertiary alicyclic amines) is 2. The first-order valence-corrected chi connectivity index (χ1v) is 11.5. The summed E-state index contributed by atoms with van der Waals surface area (Å²) in [6.07, 6.45) is 3.70. The first kappa shape index (κ1) is 20.9. The maximum absolute atomic E-state index is 13.2. The van der Waals surface area contributed by atoms with E-state index in [1.807, 2.05) is 58.3 Å². The van der Waals surface area contributed by atoms with E-state index in [2.05, 4.69) is 15.9 Å². The zero-order chi connectivity index (χ0) is 20.9. The minimum absolute atomic E-state index is 0.0214. The van der Waals surface area contributed by atoms with Crippen LogP contribution in [0, 0.1) is 5.92 Å². The molecular weight excluding hydrogens is 444 g/mol. The van der Waals surface area contributed by atoms with Crippen molar-refractivity contribution in [3.05, 3.63) is 64.1 Å². The fourth-order valence-corrected chi connectivity index (χ4v) is 4.70. The summed E-state index contributed by atoms with van der Waals surface area (Å²) < 4.78 is 6.99. The minimum Gasteiger partial charge on any atom is -0.488 e. The topological polar surface area (TPSA) is 49.9 Å². The lowest BCUT2D eigenvalue weighted by Gasteiger charge is -2.33. The Labute approximate surface area is 186 Å². The first-order valence-electron chi connectivity index (χ1n) is 10.7. The van der Waals surface area contributed by atoms with Crippen molar-refractivity contribution in [1.29, 1.82) is 0 Å². The molecule has 0 unspecified atom stereocenters. The normalized spacial score (nSPS) is 17.2. The van der Waals surface area contributed by atoms with E-state index in [-0.39, 0.29) is 17.7 Å². The molecule has 2 amide bonds. The van der Waals surface area contributed by atoms with Gasteiger partial charge in [0.15, 0.2) is 0 Å². The van der Waals surface area contributed by atoms with Gasteiger partial charge < -0.3 is 14.5 Å². The molecule has 2 aliphatic heterocycles. The zero-order valence-electron chi connectivity index (χ0n) is 17.1. The van der Waals surface area contributed by atoms with Crippen molar-refractivity contribution in [2.75, 3.05) is 26.2 Å². The summed E-state index contributed by atoms with van der Waals surface area (Å²) >= 11 is 3.47. The van der Waals surface area contributed by atoms with Gasteiger partial charge in [0.2, 0.25) is 5.91 Å². The minimum atomic E-state index is -0.0214. The number of carbonyl (C=O) groups is 2. The van der Waals surface area contributed by atoms with Gasteiger partial charge >= 0.3 is 0 Å². The molecule has 0 bridgehead atoms. The Morgan fingerprint density at radius 1 is 0.933 bits per heavy atom. The number of benzene rings is 2. The van der Waals surface area contributed by atoms with Crippen LogP contribution in [0.3, 0.4) is 0 Å². The SMILES string of the molecule is O=C(c1ccccc1OCc1cccc(Br)c1)N1CCC(C(=O)N2CCCC2)CC1. The van der Waals surface area contributed by atoms with E-state index in [0.717, 1.165) is 48.8 Å². The molecule has 0 atom stereocenters. The summed E-state index contributed by atoms with van der Waals surface area (Å²) in [4.78, 5) is 29.7. The number of piperidine rings is 1. The van der Waals surface area contributed by atoms with Gasteiger partial charge in [-0.05, 0) is 55.5 Å². The largest absolute Gasteiger partial charge is 0.488 e. The lowest BCUT2D eigenvalue weighted by Crippen LogP contribution is -2.43. The second-order valence-electron chi connectivity index (χ2n) is 8.01. The maximum atomic E-state index is 13.2. The standard InChI is InChI=1S/C24H27BrN2O3/c25-20-7-5-6-18(16-20)17-30-22-9-2-1-8-21(22)24(29)27-14-10-19(11-15-27)23(28)26-12-3-4-13-26/h1-2,5-9,16,19H,3-4,10-15,17H2. The molecule has 0 N–H and O–H groups in total. The molecule has 2 aliphatic rings. The molecule has 5 nitrogen and oxygen atoms in total. The van der Waals surface area contributed by atoms with Crippen LogP contribution in [0.15, 0.2) is 53.0 Å².